The number of anilines is 1. The van der Waals surface area contributed by atoms with Crippen LogP contribution in [0.5, 0.6) is 5.75 Å². The van der Waals surface area contributed by atoms with Crippen LogP contribution in [0.15, 0.2) is 24.3 Å². The maximum Gasteiger partial charge on any atom is 0.260 e. The minimum Gasteiger partial charge on any atom is -0.497 e. The highest BCUT2D eigenvalue weighted by Gasteiger charge is 2.38. The second-order valence-corrected chi connectivity index (χ2v) is 10.9. The average Bonchev–Trinajstić information content (AvgIpc) is 3.19. The molecule has 0 bridgehead atoms. The molecule has 1 aromatic carbocycles. The van der Waals surface area contributed by atoms with Gasteiger partial charge in [-0.05, 0) is 50.1 Å². The second kappa shape index (κ2) is 7.17. The summed E-state index contributed by atoms with van der Waals surface area (Å²) in [6, 6.07) is 7.07. The van der Waals surface area contributed by atoms with E-state index in [2.05, 4.69) is 18.7 Å². The van der Waals surface area contributed by atoms with E-state index in [4.69, 9.17) is 4.74 Å². The zero-order valence-corrected chi connectivity index (χ0v) is 17.9. The van der Waals surface area contributed by atoms with Crippen molar-refractivity contribution in [3.63, 3.8) is 0 Å². The predicted molar refractivity (Wildman–Crippen MR) is 111 cm³/mol. The van der Waals surface area contributed by atoms with Crippen molar-refractivity contribution in [3.8, 4) is 5.75 Å². The molecule has 8 heteroatoms. The number of sulfone groups is 1. The van der Waals surface area contributed by atoms with Gasteiger partial charge in [-0.25, -0.2) is 8.42 Å². The number of thiophene rings is 1. The number of rotatable bonds is 3. The normalized spacial score (nSPS) is 21.5. The number of carbonyl (C=O) groups excluding carboxylic acids is 1. The molecule has 3 heterocycles. The third-order valence-corrected chi connectivity index (χ3v) is 8.75. The summed E-state index contributed by atoms with van der Waals surface area (Å²) < 4.78 is 29.1. The van der Waals surface area contributed by atoms with Crippen LogP contribution in [-0.4, -0.2) is 50.6 Å². The van der Waals surface area contributed by atoms with Crippen molar-refractivity contribution < 1.29 is 17.9 Å². The number of amides is 1. The molecule has 150 valence electrons. The van der Waals surface area contributed by atoms with Gasteiger partial charge in [-0.2, -0.15) is 0 Å². The molecule has 0 N–H and O–H groups in total. The first kappa shape index (κ1) is 19.4. The first-order valence-electron chi connectivity index (χ1n) is 9.28. The maximum absolute atomic E-state index is 13.3. The Balaban J connectivity index is 1.68. The Hall–Kier alpha value is -1.90. The number of hydrogen-bond donors (Lipinski definition) is 0. The van der Waals surface area contributed by atoms with E-state index >= 15 is 0 Å². The first-order chi connectivity index (χ1) is 13.3. The molecule has 1 aromatic heterocycles. The fraction of sp³-hybridized carbons (Fsp3) is 0.450. The van der Waals surface area contributed by atoms with Gasteiger partial charge in [-0.1, -0.05) is 0 Å². The number of methoxy groups -OCH3 is 1. The summed E-state index contributed by atoms with van der Waals surface area (Å²) in [5.41, 5.74) is 2.93. The number of ether oxygens (including phenoxy) is 1. The Kier molecular flexibility index (Phi) is 4.97. The fourth-order valence-electron chi connectivity index (χ4n) is 3.91. The smallest absolute Gasteiger partial charge is 0.260 e. The van der Waals surface area contributed by atoms with Crippen LogP contribution in [0.25, 0.3) is 0 Å². The van der Waals surface area contributed by atoms with Gasteiger partial charge in [0, 0.05) is 28.6 Å². The highest BCUT2D eigenvalue weighted by atomic mass is 32.2. The first-order valence-corrected chi connectivity index (χ1v) is 11.9. The van der Waals surface area contributed by atoms with Crippen molar-refractivity contribution in [2.45, 2.75) is 32.9 Å². The van der Waals surface area contributed by atoms with Crippen LogP contribution in [-0.2, 0) is 16.4 Å². The zero-order valence-electron chi connectivity index (χ0n) is 16.3. The minimum atomic E-state index is -2.98. The lowest BCUT2D eigenvalue weighted by atomic mass is 10.1. The Morgan fingerprint density at radius 2 is 1.93 bits per heavy atom. The molecule has 2 aliphatic heterocycles. The molecule has 6 nitrogen and oxygen atoms in total. The van der Waals surface area contributed by atoms with E-state index < -0.39 is 9.84 Å². The van der Waals surface area contributed by atoms with Crippen LogP contribution in [0.4, 0.5) is 5.00 Å². The van der Waals surface area contributed by atoms with Gasteiger partial charge in [0.05, 0.1) is 25.3 Å². The lowest BCUT2D eigenvalue weighted by molar-refractivity contribution is 0.0945. The molecule has 1 amide bonds. The number of fused-ring (bicyclic) bond motifs is 1. The van der Waals surface area contributed by atoms with Gasteiger partial charge in [0.2, 0.25) is 0 Å². The highest BCUT2D eigenvalue weighted by Crippen LogP contribution is 2.41. The average molecular weight is 421 g/mol. The molecule has 4 rings (SSSR count). The standard InChI is InChI=1S/C20H24N2O4S2/c1-13-14(2)27-20-18(13)10-21(16-8-9-28(24,25)11-16)12-22(20)19(23)15-4-6-17(26-3)7-5-15/h4-7,16H,8-12H2,1-3H3/t16-/m0/s1. The Morgan fingerprint density at radius 3 is 2.54 bits per heavy atom. The summed E-state index contributed by atoms with van der Waals surface area (Å²) >= 11 is 1.64. The molecule has 0 aliphatic carbocycles. The van der Waals surface area contributed by atoms with Crippen LogP contribution in [0.1, 0.15) is 32.8 Å². The summed E-state index contributed by atoms with van der Waals surface area (Å²) in [7, 11) is -1.39. The SMILES string of the molecule is COc1ccc(C(=O)N2CN([C@H]3CCS(=O)(=O)C3)Cc3c2sc(C)c3C)cc1. The number of aryl methyl sites for hydroxylation is 1. The third-order valence-electron chi connectivity index (χ3n) is 5.73. The molecular formula is C20H24N2O4S2. The largest absolute Gasteiger partial charge is 0.497 e. The summed E-state index contributed by atoms with van der Waals surface area (Å²) in [4.78, 5) is 18.5. The number of hydrogen-bond acceptors (Lipinski definition) is 6. The molecule has 2 aromatic rings. The topological polar surface area (TPSA) is 66.9 Å². The van der Waals surface area contributed by atoms with Gasteiger partial charge in [0.15, 0.2) is 9.84 Å². The van der Waals surface area contributed by atoms with Gasteiger partial charge in [0.25, 0.3) is 5.91 Å². The van der Waals surface area contributed by atoms with Crippen LogP contribution in [0.2, 0.25) is 0 Å². The van der Waals surface area contributed by atoms with Crippen molar-refractivity contribution in [2.75, 3.05) is 30.2 Å². The van der Waals surface area contributed by atoms with Gasteiger partial charge >= 0.3 is 0 Å². The van der Waals surface area contributed by atoms with Crippen LogP contribution in [0, 0.1) is 13.8 Å². The van der Waals surface area contributed by atoms with Crippen molar-refractivity contribution in [3.05, 3.63) is 45.8 Å². The highest BCUT2D eigenvalue weighted by molar-refractivity contribution is 7.91. The zero-order chi connectivity index (χ0) is 20.1. The molecule has 1 fully saturated rings. The van der Waals surface area contributed by atoms with Crippen LogP contribution in [0.3, 0.4) is 0 Å². The summed E-state index contributed by atoms with van der Waals surface area (Å²) in [5.74, 6) is 1.04. The maximum atomic E-state index is 13.3. The molecule has 0 unspecified atom stereocenters. The summed E-state index contributed by atoms with van der Waals surface area (Å²) in [6.45, 7) is 5.25. The predicted octanol–water partition coefficient (Wildman–Crippen LogP) is 2.98. The molecule has 1 atom stereocenters. The van der Waals surface area contributed by atoms with E-state index in [-0.39, 0.29) is 23.5 Å². The van der Waals surface area contributed by atoms with E-state index in [9.17, 15) is 13.2 Å². The van der Waals surface area contributed by atoms with Crippen molar-refractivity contribution in [2.24, 2.45) is 0 Å². The summed E-state index contributed by atoms with van der Waals surface area (Å²) in [6.07, 6.45) is 0.629. The van der Waals surface area contributed by atoms with E-state index in [1.54, 1.807) is 47.6 Å². The van der Waals surface area contributed by atoms with E-state index in [0.717, 1.165) is 10.6 Å². The molecular weight excluding hydrogens is 396 g/mol. The van der Waals surface area contributed by atoms with Crippen molar-refractivity contribution in [1.29, 1.82) is 0 Å². The number of benzene rings is 1. The molecule has 28 heavy (non-hydrogen) atoms. The van der Waals surface area contributed by atoms with Crippen molar-refractivity contribution >= 4 is 32.1 Å². The van der Waals surface area contributed by atoms with Gasteiger partial charge in [-0.3, -0.25) is 14.6 Å². The van der Waals surface area contributed by atoms with E-state index in [1.165, 1.54) is 10.4 Å². The lowest BCUT2D eigenvalue weighted by Crippen LogP contribution is -2.49. The Bertz CT molecular complexity index is 1010. The fourth-order valence-corrected chi connectivity index (χ4v) is 6.83. The minimum absolute atomic E-state index is 0.0380. The Morgan fingerprint density at radius 1 is 1.21 bits per heavy atom. The van der Waals surface area contributed by atoms with Gasteiger partial charge < -0.3 is 4.74 Å². The molecule has 1 saturated heterocycles. The summed E-state index contributed by atoms with van der Waals surface area (Å²) in [5, 5.41) is 0.980. The number of nitrogens with zero attached hydrogens (tertiary/aromatic N) is 2. The van der Waals surface area contributed by atoms with Gasteiger partial charge in [-0.15, -0.1) is 11.3 Å². The third kappa shape index (κ3) is 3.44. The quantitative estimate of drug-likeness (QED) is 0.764. The van der Waals surface area contributed by atoms with Crippen molar-refractivity contribution in [1.82, 2.24) is 4.90 Å². The second-order valence-electron chi connectivity index (χ2n) is 7.47. The molecule has 0 saturated carbocycles. The Labute approximate surface area is 169 Å². The van der Waals surface area contributed by atoms with Crippen LogP contribution < -0.4 is 9.64 Å². The number of carbonyl (C=O) groups is 1. The van der Waals surface area contributed by atoms with E-state index in [1.807, 2.05) is 0 Å². The molecule has 2 aliphatic rings. The van der Waals surface area contributed by atoms with E-state index in [0.29, 0.717) is 30.9 Å². The monoisotopic (exact) mass is 420 g/mol. The van der Waals surface area contributed by atoms with Gasteiger partial charge in [0.1, 0.15) is 10.8 Å². The molecule has 0 radical (unpaired) electrons. The van der Waals surface area contributed by atoms with Crippen LogP contribution >= 0.6 is 11.3 Å². The molecule has 0 spiro atoms. The lowest BCUT2D eigenvalue weighted by Gasteiger charge is -2.38.